The van der Waals surface area contributed by atoms with E-state index in [1.807, 2.05) is 13.8 Å². The van der Waals surface area contributed by atoms with Gasteiger partial charge in [-0.3, -0.25) is 14.3 Å². The van der Waals surface area contributed by atoms with Crippen molar-refractivity contribution >= 4 is 33.1 Å². The Balaban J connectivity index is 1.97. The fourth-order valence-corrected chi connectivity index (χ4v) is 4.51. The number of anilines is 2. The Morgan fingerprint density at radius 1 is 1.19 bits per heavy atom. The van der Waals surface area contributed by atoms with E-state index < -0.39 is 15.4 Å². The van der Waals surface area contributed by atoms with Crippen molar-refractivity contribution in [2.45, 2.75) is 45.9 Å². The molecule has 32 heavy (non-hydrogen) atoms. The molecule has 0 spiro atoms. The van der Waals surface area contributed by atoms with Crippen LogP contribution in [0, 0.1) is 11.3 Å². The van der Waals surface area contributed by atoms with Crippen LogP contribution < -0.4 is 14.4 Å². The van der Waals surface area contributed by atoms with E-state index in [1.54, 1.807) is 29.2 Å². The van der Waals surface area contributed by atoms with Crippen LogP contribution in [0.4, 0.5) is 11.4 Å². The molecule has 0 saturated heterocycles. The molecule has 8 heteroatoms. The summed E-state index contributed by atoms with van der Waals surface area (Å²) in [5.41, 5.74) is 0.459. The Kier molecular flexibility index (Phi) is 6.64. The number of rotatable bonds is 7. The highest BCUT2D eigenvalue weighted by molar-refractivity contribution is 7.92. The molecule has 1 heterocycles. The van der Waals surface area contributed by atoms with Gasteiger partial charge in [-0.1, -0.05) is 26.0 Å². The first-order valence-corrected chi connectivity index (χ1v) is 12.1. The summed E-state index contributed by atoms with van der Waals surface area (Å²) < 4.78 is 34.3. The quantitative estimate of drug-likeness (QED) is 0.617. The third kappa shape index (κ3) is 5.12. The van der Waals surface area contributed by atoms with Gasteiger partial charge in [-0.15, -0.1) is 0 Å². The van der Waals surface area contributed by atoms with Crippen molar-refractivity contribution in [3.63, 3.8) is 0 Å². The first-order valence-electron chi connectivity index (χ1n) is 10.6. The van der Waals surface area contributed by atoms with Crippen molar-refractivity contribution in [1.82, 2.24) is 0 Å². The Bertz CT molecular complexity index is 1140. The molecule has 1 aliphatic heterocycles. The van der Waals surface area contributed by atoms with Crippen molar-refractivity contribution in [3.05, 3.63) is 48.0 Å². The maximum atomic E-state index is 13.2. The second kappa shape index (κ2) is 8.94. The zero-order chi connectivity index (χ0) is 23.7. The zero-order valence-electron chi connectivity index (χ0n) is 19.1. The molecule has 0 aromatic heterocycles. The number of nitrogens with one attached hydrogen (secondary N) is 1. The van der Waals surface area contributed by atoms with E-state index >= 15 is 0 Å². The molecule has 0 radical (unpaired) electrons. The number of fused-ring (bicyclic) bond motifs is 1. The Morgan fingerprint density at radius 3 is 2.56 bits per heavy atom. The van der Waals surface area contributed by atoms with Crippen molar-refractivity contribution < 1.29 is 22.7 Å². The topological polar surface area (TPSA) is 92.8 Å². The van der Waals surface area contributed by atoms with Crippen LogP contribution in [0.5, 0.6) is 5.75 Å². The molecule has 0 bridgehead atoms. The van der Waals surface area contributed by atoms with Crippen molar-refractivity contribution in [2.24, 2.45) is 11.3 Å². The van der Waals surface area contributed by atoms with Crippen LogP contribution in [0.1, 0.15) is 51.4 Å². The van der Waals surface area contributed by atoms with Gasteiger partial charge in [-0.05, 0) is 63.4 Å². The monoisotopic (exact) mass is 458 g/mol. The SMILES string of the molecule is CC(=O)c1cccc(S(=O)(=O)Nc2ccc3c(c2)N(CCC(C)C)C(=O)C(C)(C)CO3)c1. The normalized spacial score (nSPS) is 15.7. The highest BCUT2D eigenvalue weighted by Gasteiger charge is 2.37. The molecule has 7 nitrogen and oxygen atoms in total. The minimum absolute atomic E-state index is 0.00901. The lowest BCUT2D eigenvalue weighted by atomic mass is 9.92. The first kappa shape index (κ1) is 23.8. The standard InChI is InChI=1S/C24H30N2O5S/c1-16(2)11-12-26-21-14-19(9-10-22(21)31-15-24(4,5)23(26)28)25-32(29,30)20-8-6-7-18(13-20)17(3)27/h6-10,13-14,16,25H,11-12,15H2,1-5H3. The lowest BCUT2D eigenvalue weighted by Gasteiger charge is -2.28. The third-order valence-corrected chi connectivity index (χ3v) is 6.77. The van der Waals surface area contributed by atoms with E-state index in [4.69, 9.17) is 4.74 Å². The van der Waals surface area contributed by atoms with Gasteiger partial charge >= 0.3 is 0 Å². The summed E-state index contributed by atoms with van der Waals surface area (Å²) in [6, 6.07) is 10.8. The molecule has 0 aliphatic carbocycles. The summed E-state index contributed by atoms with van der Waals surface area (Å²) in [5.74, 6) is 0.653. The number of carbonyl (C=O) groups is 2. The van der Waals surface area contributed by atoms with Crippen LogP contribution in [-0.4, -0.2) is 33.3 Å². The van der Waals surface area contributed by atoms with Crippen LogP contribution in [0.15, 0.2) is 47.4 Å². The van der Waals surface area contributed by atoms with E-state index in [0.717, 1.165) is 6.42 Å². The molecule has 0 fully saturated rings. The molecule has 1 N–H and O–H groups in total. The molecule has 0 saturated carbocycles. The Morgan fingerprint density at radius 2 is 1.91 bits per heavy atom. The summed E-state index contributed by atoms with van der Waals surface area (Å²) in [7, 11) is -3.93. The van der Waals surface area contributed by atoms with Crippen molar-refractivity contribution in [3.8, 4) is 5.75 Å². The lowest BCUT2D eigenvalue weighted by molar-refractivity contribution is -0.127. The number of ether oxygens (including phenoxy) is 1. The van der Waals surface area contributed by atoms with Gasteiger partial charge in [0.15, 0.2) is 5.78 Å². The zero-order valence-corrected chi connectivity index (χ0v) is 20.0. The highest BCUT2D eigenvalue weighted by Crippen LogP contribution is 2.39. The molecule has 1 amide bonds. The van der Waals surface area contributed by atoms with Gasteiger partial charge in [0.1, 0.15) is 12.4 Å². The molecule has 0 unspecified atom stereocenters. The van der Waals surface area contributed by atoms with E-state index in [2.05, 4.69) is 18.6 Å². The molecule has 0 atom stereocenters. The maximum absolute atomic E-state index is 13.2. The second-order valence-corrected chi connectivity index (χ2v) is 10.9. The van der Waals surface area contributed by atoms with Gasteiger partial charge in [0.05, 0.1) is 21.7 Å². The number of hydrogen-bond donors (Lipinski definition) is 1. The number of hydrogen-bond acceptors (Lipinski definition) is 5. The van der Waals surface area contributed by atoms with Gasteiger partial charge in [0.25, 0.3) is 10.0 Å². The van der Waals surface area contributed by atoms with Gasteiger partial charge in [0.2, 0.25) is 5.91 Å². The average Bonchev–Trinajstić information content (AvgIpc) is 2.81. The maximum Gasteiger partial charge on any atom is 0.261 e. The Labute approximate surface area is 189 Å². The van der Waals surface area contributed by atoms with Gasteiger partial charge in [-0.2, -0.15) is 0 Å². The molecular formula is C24H30N2O5S. The molecule has 1 aliphatic rings. The summed E-state index contributed by atoms with van der Waals surface area (Å²) in [5, 5.41) is 0. The van der Waals surface area contributed by atoms with Crippen LogP contribution >= 0.6 is 0 Å². The number of sulfonamides is 1. The Hall–Kier alpha value is -2.87. The van der Waals surface area contributed by atoms with E-state index in [1.165, 1.54) is 25.1 Å². The van der Waals surface area contributed by atoms with Crippen LogP contribution in [-0.2, 0) is 14.8 Å². The van der Waals surface area contributed by atoms with Crippen molar-refractivity contribution in [2.75, 3.05) is 22.8 Å². The largest absolute Gasteiger partial charge is 0.490 e. The fourth-order valence-electron chi connectivity index (χ4n) is 3.41. The number of carbonyl (C=O) groups excluding carboxylic acids is 2. The summed E-state index contributed by atoms with van der Waals surface area (Å²) >= 11 is 0. The van der Waals surface area contributed by atoms with Crippen LogP contribution in [0.2, 0.25) is 0 Å². The predicted molar refractivity (Wildman–Crippen MR) is 125 cm³/mol. The molecule has 2 aromatic carbocycles. The third-order valence-electron chi connectivity index (χ3n) is 5.40. The fraction of sp³-hybridized carbons (Fsp3) is 0.417. The van der Waals surface area contributed by atoms with E-state index in [0.29, 0.717) is 35.2 Å². The molecule has 2 aromatic rings. The van der Waals surface area contributed by atoms with E-state index in [-0.39, 0.29) is 23.2 Å². The molecule has 3 rings (SSSR count). The van der Waals surface area contributed by atoms with Crippen molar-refractivity contribution in [1.29, 1.82) is 0 Å². The second-order valence-electron chi connectivity index (χ2n) is 9.18. The van der Waals surface area contributed by atoms with Crippen LogP contribution in [0.25, 0.3) is 0 Å². The van der Waals surface area contributed by atoms with Gasteiger partial charge in [-0.25, -0.2) is 8.42 Å². The number of nitrogens with zero attached hydrogens (tertiary/aromatic N) is 1. The summed E-state index contributed by atoms with van der Waals surface area (Å²) in [4.78, 5) is 26.6. The summed E-state index contributed by atoms with van der Waals surface area (Å²) in [6.07, 6.45) is 0.801. The number of benzene rings is 2. The van der Waals surface area contributed by atoms with Crippen LogP contribution in [0.3, 0.4) is 0 Å². The molecular weight excluding hydrogens is 428 g/mol. The minimum atomic E-state index is -3.93. The smallest absolute Gasteiger partial charge is 0.261 e. The summed E-state index contributed by atoms with van der Waals surface area (Å²) in [6.45, 7) is 9.99. The first-order chi connectivity index (χ1) is 14.9. The highest BCUT2D eigenvalue weighted by atomic mass is 32.2. The predicted octanol–water partition coefficient (Wildman–Crippen LogP) is 4.49. The molecule has 172 valence electrons. The number of ketones is 1. The van der Waals surface area contributed by atoms with E-state index in [9.17, 15) is 18.0 Å². The van der Waals surface area contributed by atoms with Gasteiger partial charge < -0.3 is 9.64 Å². The lowest BCUT2D eigenvalue weighted by Crippen LogP contribution is -2.42. The number of Topliss-reactive ketones (excluding diaryl/α,β-unsaturated/α-hetero) is 1. The minimum Gasteiger partial charge on any atom is -0.490 e. The van der Waals surface area contributed by atoms with Gasteiger partial charge in [0, 0.05) is 12.1 Å². The number of amides is 1. The average molecular weight is 459 g/mol.